The zero-order valence-corrected chi connectivity index (χ0v) is 12.3. The Balaban J connectivity index is 1.65. The molecule has 1 aromatic heterocycles. The second-order valence-corrected chi connectivity index (χ2v) is 5.50. The highest BCUT2D eigenvalue weighted by molar-refractivity contribution is 5.56. The number of nitrogens with zero attached hydrogens (tertiary/aromatic N) is 2. The Labute approximate surface area is 124 Å². The molecule has 2 aromatic rings. The Kier molecular flexibility index (Phi) is 3.90. The molecular weight excluding hydrogens is 264 g/mol. The summed E-state index contributed by atoms with van der Waals surface area (Å²) in [6.45, 7) is 4.02. The molecule has 5 nitrogen and oxygen atoms in total. The van der Waals surface area contributed by atoms with Crippen LogP contribution in [-0.2, 0) is 0 Å². The SMILES string of the molecule is CC(C)Oc1ccc(Nc2nccc(NC3CC3)n2)cc1. The van der Waals surface area contributed by atoms with Crippen molar-refractivity contribution in [2.75, 3.05) is 10.6 Å². The Bertz CT molecular complexity index is 593. The molecule has 1 aliphatic carbocycles. The molecule has 0 radical (unpaired) electrons. The van der Waals surface area contributed by atoms with E-state index in [-0.39, 0.29) is 6.10 Å². The minimum atomic E-state index is 0.178. The third-order valence-electron chi connectivity index (χ3n) is 3.07. The van der Waals surface area contributed by atoms with Crippen molar-refractivity contribution >= 4 is 17.5 Å². The van der Waals surface area contributed by atoms with E-state index in [1.165, 1.54) is 12.8 Å². The first-order valence-corrected chi connectivity index (χ1v) is 7.32. The van der Waals surface area contributed by atoms with E-state index in [1.54, 1.807) is 6.20 Å². The normalized spacial score (nSPS) is 14.0. The molecule has 0 bridgehead atoms. The van der Waals surface area contributed by atoms with Crippen LogP contribution in [0.15, 0.2) is 36.5 Å². The summed E-state index contributed by atoms with van der Waals surface area (Å²) < 4.78 is 5.62. The number of rotatable bonds is 6. The zero-order valence-electron chi connectivity index (χ0n) is 12.3. The van der Waals surface area contributed by atoms with Crippen LogP contribution in [0.4, 0.5) is 17.5 Å². The van der Waals surface area contributed by atoms with Crippen LogP contribution in [0.2, 0.25) is 0 Å². The Morgan fingerprint density at radius 1 is 1.14 bits per heavy atom. The van der Waals surface area contributed by atoms with E-state index in [1.807, 2.05) is 44.2 Å². The van der Waals surface area contributed by atoms with Gasteiger partial charge in [-0.05, 0) is 57.0 Å². The van der Waals surface area contributed by atoms with Gasteiger partial charge in [-0.25, -0.2) is 4.98 Å². The molecule has 0 atom stereocenters. The first kappa shape index (κ1) is 13.7. The summed E-state index contributed by atoms with van der Waals surface area (Å²) in [5, 5.41) is 6.56. The van der Waals surface area contributed by atoms with Crippen molar-refractivity contribution < 1.29 is 4.74 Å². The van der Waals surface area contributed by atoms with Crippen LogP contribution in [0.1, 0.15) is 26.7 Å². The van der Waals surface area contributed by atoms with Crippen molar-refractivity contribution in [2.24, 2.45) is 0 Å². The third-order valence-corrected chi connectivity index (χ3v) is 3.07. The van der Waals surface area contributed by atoms with Crippen molar-refractivity contribution in [2.45, 2.75) is 38.8 Å². The average Bonchev–Trinajstić information content (AvgIpc) is 3.25. The molecule has 2 N–H and O–H groups in total. The van der Waals surface area contributed by atoms with E-state index in [9.17, 15) is 0 Å². The smallest absolute Gasteiger partial charge is 0.229 e. The van der Waals surface area contributed by atoms with Gasteiger partial charge in [0.15, 0.2) is 0 Å². The van der Waals surface area contributed by atoms with Crippen molar-refractivity contribution in [3.8, 4) is 5.75 Å². The summed E-state index contributed by atoms with van der Waals surface area (Å²) in [4.78, 5) is 8.69. The molecule has 0 aliphatic heterocycles. The quantitative estimate of drug-likeness (QED) is 0.849. The molecule has 0 spiro atoms. The van der Waals surface area contributed by atoms with Crippen molar-refractivity contribution in [1.29, 1.82) is 0 Å². The molecule has 1 aliphatic rings. The number of ether oxygens (including phenoxy) is 1. The predicted octanol–water partition coefficient (Wildman–Crippen LogP) is 3.58. The van der Waals surface area contributed by atoms with Crippen molar-refractivity contribution in [3.63, 3.8) is 0 Å². The molecular formula is C16H20N4O. The fourth-order valence-corrected chi connectivity index (χ4v) is 1.95. The van der Waals surface area contributed by atoms with E-state index in [4.69, 9.17) is 4.74 Å². The fourth-order valence-electron chi connectivity index (χ4n) is 1.95. The van der Waals surface area contributed by atoms with Gasteiger partial charge in [0.1, 0.15) is 11.6 Å². The van der Waals surface area contributed by atoms with Gasteiger partial charge >= 0.3 is 0 Å². The standard InChI is InChI=1S/C16H20N4O/c1-11(2)21-14-7-5-13(6-8-14)19-16-17-10-9-15(20-16)18-12-3-4-12/h5-12H,3-4H2,1-2H3,(H2,17,18,19,20). The summed E-state index contributed by atoms with van der Waals surface area (Å²) >= 11 is 0. The Hall–Kier alpha value is -2.30. The van der Waals surface area contributed by atoms with E-state index in [0.717, 1.165) is 17.3 Å². The van der Waals surface area contributed by atoms with E-state index >= 15 is 0 Å². The topological polar surface area (TPSA) is 59.1 Å². The van der Waals surface area contributed by atoms with Gasteiger partial charge in [0, 0.05) is 17.9 Å². The first-order chi connectivity index (χ1) is 10.2. The zero-order chi connectivity index (χ0) is 14.7. The number of aromatic nitrogens is 2. The van der Waals surface area contributed by atoms with Crippen LogP contribution in [0.25, 0.3) is 0 Å². The van der Waals surface area contributed by atoms with Crippen LogP contribution in [0.5, 0.6) is 5.75 Å². The minimum Gasteiger partial charge on any atom is -0.491 e. The Morgan fingerprint density at radius 3 is 2.57 bits per heavy atom. The summed E-state index contributed by atoms with van der Waals surface area (Å²) in [6, 6.07) is 10.3. The lowest BCUT2D eigenvalue weighted by Crippen LogP contribution is -2.06. The van der Waals surface area contributed by atoms with Gasteiger partial charge in [-0.3, -0.25) is 0 Å². The molecule has 0 unspecified atom stereocenters. The highest BCUT2D eigenvalue weighted by Gasteiger charge is 2.21. The molecule has 5 heteroatoms. The molecule has 1 fully saturated rings. The number of benzene rings is 1. The Morgan fingerprint density at radius 2 is 1.90 bits per heavy atom. The highest BCUT2D eigenvalue weighted by Crippen LogP contribution is 2.24. The molecule has 110 valence electrons. The maximum absolute atomic E-state index is 5.62. The average molecular weight is 284 g/mol. The summed E-state index contributed by atoms with van der Waals surface area (Å²) in [7, 11) is 0. The number of hydrogen-bond donors (Lipinski definition) is 2. The van der Waals surface area contributed by atoms with Crippen LogP contribution >= 0.6 is 0 Å². The van der Waals surface area contributed by atoms with Crippen molar-refractivity contribution in [1.82, 2.24) is 9.97 Å². The molecule has 0 amide bonds. The predicted molar refractivity (Wildman–Crippen MR) is 84.2 cm³/mol. The largest absolute Gasteiger partial charge is 0.491 e. The van der Waals surface area contributed by atoms with Gasteiger partial charge in [-0.1, -0.05) is 0 Å². The lowest BCUT2D eigenvalue weighted by atomic mass is 10.3. The molecule has 21 heavy (non-hydrogen) atoms. The van der Waals surface area contributed by atoms with E-state index in [0.29, 0.717) is 12.0 Å². The third kappa shape index (κ3) is 4.08. The molecule has 3 rings (SSSR count). The van der Waals surface area contributed by atoms with Crippen LogP contribution < -0.4 is 15.4 Å². The van der Waals surface area contributed by atoms with Gasteiger partial charge in [-0.15, -0.1) is 0 Å². The lowest BCUT2D eigenvalue weighted by molar-refractivity contribution is 0.242. The van der Waals surface area contributed by atoms with Gasteiger partial charge in [-0.2, -0.15) is 4.98 Å². The molecule has 1 saturated carbocycles. The van der Waals surface area contributed by atoms with Crippen LogP contribution in [0.3, 0.4) is 0 Å². The number of anilines is 3. The monoisotopic (exact) mass is 284 g/mol. The van der Waals surface area contributed by atoms with Crippen LogP contribution in [-0.4, -0.2) is 22.1 Å². The summed E-state index contributed by atoms with van der Waals surface area (Å²) in [5.41, 5.74) is 0.940. The van der Waals surface area contributed by atoms with Gasteiger partial charge in [0.05, 0.1) is 6.10 Å². The second kappa shape index (κ2) is 5.99. The number of hydrogen-bond acceptors (Lipinski definition) is 5. The first-order valence-electron chi connectivity index (χ1n) is 7.32. The van der Waals surface area contributed by atoms with Gasteiger partial charge < -0.3 is 15.4 Å². The highest BCUT2D eigenvalue weighted by atomic mass is 16.5. The van der Waals surface area contributed by atoms with E-state index < -0.39 is 0 Å². The maximum atomic E-state index is 5.62. The minimum absolute atomic E-state index is 0.178. The number of nitrogens with one attached hydrogen (secondary N) is 2. The summed E-state index contributed by atoms with van der Waals surface area (Å²) in [5.74, 6) is 2.33. The summed E-state index contributed by atoms with van der Waals surface area (Å²) in [6.07, 6.45) is 4.39. The molecule has 1 aromatic carbocycles. The maximum Gasteiger partial charge on any atom is 0.229 e. The fraction of sp³-hybridized carbons (Fsp3) is 0.375. The molecule has 0 saturated heterocycles. The van der Waals surface area contributed by atoms with Gasteiger partial charge in [0.2, 0.25) is 5.95 Å². The lowest BCUT2D eigenvalue weighted by Gasteiger charge is -2.11. The van der Waals surface area contributed by atoms with E-state index in [2.05, 4.69) is 20.6 Å². The van der Waals surface area contributed by atoms with Gasteiger partial charge in [0.25, 0.3) is 0 Å². The van der Waals surface area contributed by atoms with Crippen LogP contribution in [0, 0.1) is 0 Å². The second-order valence-electron chi connectivity index (χ2n) is 5.50. The van der Waals surface area contributed by atoms with Crippen molar-refractivity contribution in [3.05, 3.63) is 36.5 Å². The molecule has 1 heterocycles.